The first-order valence-corrected chi connectivity index (χ1v) is 10.3. The van der Waals surface area contributed by atoms with Gasteiger partial charge in [0.25, 0.3) is 5.79 Å². The molecule has 2 N–H and O–H groups in total. The van der Waals surface area contributed by atoms with E-state index in [2.05, 4.69) is 11.9 Å². The fourth-order valence-electron chi connectivity index (χ4n) is 3.55. The number of carbonyl (C=O) groups is 5. The van der Waals surface area contributed by atoms with Crippen LogP contribution in [0.2, 0.25) is 0 Å². The lowest BCUT2D eigenvalue weighted by Gasteiger charge is -2.48. The predicted molar refractivity (Wildman–Crippen MR) is 112 cm³/mol. The molecule has 1 saturated heterocycles. The fourth-order valence-corrected chi connectivity index (χ4v) is 3.55. The van der Waals surface area contributed by atoms with E-state index in [1.165, 1.54) is 13.0 Å². The molecule has 0 aliphatic carbocycles. The molecule has 13 heteroatoms. The van der Waals surface area contributed by atoms with E-state index in [1.54, 1.807) is 0 Å². The molecule has 1 amide bonds. The van der Waals surface area contributed by atoms with Crippen molar-refractivity contribution < 1.29 is 57.5 Å². The summed E-state index contributed by atoms with van der Waals surface area (Å²) in [5.41, 5.74) is 0. The van der Waals surface area contributed by atoms with Gasteiger partial charge in [-0.15, -0.1) is 6.58 Å². The van der Waals surface area contributed by atoms with Crippen LogP contribution >= 0.6 is 0 Å². The molecule has 0 unspecified atom stereocenters. The maximum atomic E-state index is 12.8. The number of amides is 1. The molecule has 1 fully saturated rings. The van der Waals surface area contributed by atoms with Crippen LogP contribution in [-0.2, 0) is 52.4 Å². The van der Waals surface area contributed by atoms with Crippen molar-refractivity contribution in [2.75, 3.05) is 20.3 Å². The summed E-state index contributed by atoms with van der Waals surface area (Å²) in [4.78, 5) is 60.1. The minimum absolute atomic E-state index is 0.203. The van der Waals surface area contributed by atoms with E-state index in [1.807, 2.05) is 0 Å². The molecule has 1 aliphatic rings. The lowest BCUT2D eigenvalue weighted by atomic mass is 9.88. The maximum absolute atomic E-state index is 12.8. The van der Waals surface area contributed by atoms with Crippen molar-refractivity contribution in [1.82, 2.24) is 5.32 Å². The van der Waals surface area contributed by atoms with Crippen LogP contribution < -0.4 is 5.32 Å². The van der Waals surface area contributed by atoms with E-state index in [0.717, 1.165) is 27.9 Å². The zero-order chi connectivity index (χ0) is 26.1. The summed E-state index contributed by atoms with van der Waals surface area (Å²) in [6.07, 6.45) is -4.92. The number of aliphatic hydroxyl groups excluding tert-OH is 1. The summed E-state index contributed by atoms with van der Waals surface area (Å²) in [6, 6.07) is -1.22. The minimum Gasteiger partial charge on any atom is -0.465 e. The number of methoxy groups -OCH3 is 1. The van der Waals surface area contributed by atoms with Gasteiger partial charge in [0, 0.05) is 27.7 Å². The van der Waals surface area contributed by atoms with Crippen molar-refractivity contribution in [3.8, 4) is 0 Å². The van der Waals surface area contributed by atoms with E-state index in [-0.39, 0.29) is 6.61 Å². The number of hydrogen-bond donors (Lipinski definition) is 2. The first-order chi connectivity index (χ1) is 15.9. The normalized spacial score (nSPS) is 25.8. The van der Waals surface area contributed by atoms with E-state index >= 15 is 0 Å². The molecule has 0 saturated carbocycles. The molecular weight excluding hydrogens is 458 g/mol. The van der Waals surface area contributed by atoms with Gasteiger partial charge in [-0.3, -0.25) is 19.2 Å². The van der Waals surface area contributed by atoms with Gasteiger partial charge in [0.05, 0.1) is 32.8 Å². The molecule has 34 heavy (non-hydrogen) atoms. The predicted octanol–water partition coefficient (Wildman–Crippen LogP) is -0.861. The van der Waals surface area contributed by atoms with Gasteiger partial charge in [-0.1, -0.05) is 6.08 Å². The zero-order valence-corrected chi connectivity index (χ0v) is 19.7. The van der Waals surface area contributed by atoms with Crippen molar-refractivity contribution in [2.45, 2.75) is 70.4 Å². The lowest BCUT2D eigenvalue weighted by Crippen LogP contribution is -2.69. The number of hydrogen-bond acceptors (Lipinski definition) is 12. The Balaban J connectivity index is 3.72. The summed E-state index contributed by atoms with van der Waals surface area (Å²) in [5, 5.41) is 12.4. The molecule has 1 heterocycles. The molecule has 1 aliphatic heterocycles. The fraction of sp³-hybridized carbons (Fsp3) is 0.667. The molecule has 13 nitrogen and oxygen atoms in total. The quantitative estimate of drug-likeness (QED) is 0.209. The van der Waals surface area contributed by atoms with Gasteiger partial charge >= 0.3 is 23.9 Å². The third kappa shape index (κ3) is 7.78. The highest BCUT2D eigenvalue weighted by atomic mass is 16.7. The van der Waals surface area contributed by atoms with Crippen molar-refractivity contribution in [3.05, 3.63) is 12.7 Å². The number of carbonyl (C=O) groups excluding carboxylic acids is 5. The van der Waals surface area contributed by atoms with Gasteiger partial charge in [0.2, 0.25) is 5.91 Å². The topological polar surface area (TPSA) is 173 Å². The average Bonchev–Trinajstić information content (AvgIpc) is 2.74. The highest BCUT2D eigenvalue weighted by Gasteiger charge is 2.59. The summed E-state index contributed by atoms with van der Waals surface area (Å²) in [5.74, 6) is -6.23. The number of esters is 4. The van der Waals surface area contributed by atoms with Crippen molar-refractivity contribution in [3.63, 3.8) is 0 Å². The largest absolute Gasteiger partial charge is 0.465 e. The van der Waals surface area contributed by atoms with Crippen LogP contribution in [-0.4, -0.2) is 91.5 Å². The van der Waals surface area contributed by atoms with Crippen LogP contribution in [0.3, 0.4) is 0 Å². The second-order valence-corrected chi connectivity index (χ2v) is 7.41. The van der Waals surface area contributed by atoms with Crippen LogP contribution in [0, 0.1) is 0 Å². The summed E-state index contributed by atoms with van der Waals surface area (Å²) < 4.78 is 32.1. The Morgan fingerprint density at radius 3 is 2.18 bits per heavy atom. The summed E-state index contributed by atoms with van der Waals surface area (Å²) in [7, 11) is 1.07. The van der Waals surface area contributed by atoms with E-state index in [0.29, 0.717) is 0 Å². The number of rotatable bonds is 11. The standard InChI is InChI=1S/C21H31NO12/c1-7-8-30-21(20(28)29-6)9-15(31-12(3)25)17(22-11(2)24)19(34-21)18(33-14(5)27)16(10-23)32-13(4)26/h7,15-19,23H,1,8-10H2,2-6H3,(H,22,24)/t15-,16+,17+,18+,19+,21+/m0/s1. The van der Waals surface area contributed by atoms with Gasteiger partial charge < -0.3 is 38.8 Å². The first-order valence-electron chi connectivity index (χ1n) is 10.3. The Kier molecular flexibility index (Phi) is 11.1. The molecule has 1 rings (SSSR count). The monoisotopic (exact) mass is 489 g/mol. The van der Waals surface area contributed by atoms with Gasteiger partial charge in [-0.2, -0.15) is 0 Å². The van der Waals surface area contributed by atoms with Crippen LogP contribution in [0.25, 0.3) is 0 Å². The van der Waals surface area contributed by atoms with Gasteiger partial charge in [0.1, 0.15) is 12.2 Å². The molecule has 0 radical (unpaired) electrons. The van der Waals surface area contributed by atoms with Gasteiger partial charge in [0.15, 0.2) is 12.2 Å². The van der Waals surface area contributed by atoms with Crippen molar-refractivity contribution in [1.29, 1.82) is 0 Å². The molecule has 192 valence electrons. The van der Waals surface area contributed by atoms with E-state index in [4.69, 9.17) is 28.4 Å². The molecular formula is C21H31NO12. The second-order valence-electron chi connectivity index (χ2n) is 7.41. The number of aliphatic hydroxyl groups is 1. The van der Waals surface area contributed by atoms with Crippen LogP contribution in [0.15, 0.2) is 12.7 Å². The Hall–Kier alpha value is -3.03. The molecule has 0 bridgehead atoms. The molecule has 0 aromatic heterocycles. The minimum atomic E-state index is -2.20. The number of nitrogens with one attached hydrogen (secondary N) is 1. The SMILES string of the molecule is C=CCO[C@]1(C(=O)OC)C[C@H](OC(C)=O)[C@@H](NC(C)=O)[C@H]([C@H](OC(C)=O)[C@@H](CO)OC(C)=O)O1. The zero-order valence-electron chi connectivity index (χ0n) is 19.7. The van der Waals surface area contributed by atoms with E-state index < -0.39 is 79.1 Å². The third-order valence-electron chi connectivity index (χ3n) is 4.66. The lowest BCUT2D eigenvalue weighted by molar-refractivity contribution is -0.311. The van der Waals surface area contributed by atoms with Crippen LogP contribution in [0.4, 0.5) is 0 Å². The highest BCUT2D eigenvalue weighted by Crippen LogP contribution is 2.36. The molecule has 0 aromatic rings. The van der Waals surface area contributed by atoms with E-state index in [9.17, 15) is 29.1 Å². The number of ether oxygens (including phenoxy) is 6. The van der Waals surface area contributed by atoms with Crippen LogP contribution in [0.1, 0.15) is 34.1 Å². The van der Waals surface area contributed by atoms with Gasteiger partial charge in [-0.05, 0) is 0 Å². The summed E-state index contributed by atoms with van der Waals surface area (Å²) >= 11 is 0. The summed E-state index contributed by atoms with van der Waals surface area (Å²) in [6.45, 7) is 6.90. The second kappa shape index (κ2) is 13.0. The van der Waals surface area contributed by atoms with Crippen molar-refractivity contribution >= 4 is 29.8 Å². The van der Waals surface area contributed by atoms with Gasteiger partial charge in [-0.25, -0.2) is 4.79 Å². The van der Waals surface area contributed by atoms with Crippen molar-refractivity contribution in [2.24, 2.45) is 0 Å². The average molecular weight is 489 g/mol. The Morgan fingerprint density at radius 1 is 1.12 bits per heavy atom. The maximum Gasteiger partial charge on any atom is 0.366 e. The first kappa shape index (κ1) is 29.0. The third-order valence-corrected chi connectivity index (χ3v) is 4.66. The highest BCUT2D eigenvalue weighted by molar-refractivity contribution is 5.79. The molecule has 0 aromatic carbocycles. The Morgan fingerprint density at radius 2 is 1.74 bits per heavy atom. The smallest absolute Gasteiger partial charge is 0.366 e. The molecule has 0 spiro atoms. The Bertz CT molecular complexity index is 784. The Labute approximate surface area is 196 Å². The molecule has 6 atom stereocenters. The van der Waals surface area contributed by atoms with Crippen LogP contribution in [0.5, 0.6) is 0 Å².